The Bertz CT molecular complexity index is 569. The van der Waals surface area contributed by atoms with E-state index in [-0.39, 0.29) is 0 Å². The normalized spacial score (nSPS) is 10.1. The fourth-order valence-corrected chi connectivity index (χ4v) is 2.01. The molecule has 0 aliphatic heterocycles. The molecule has 0 saturated carbocycles. The van der Waals surface area contributed by atoms with Crippen LogP contribution in [-0.2, 0) is 6.42 Å². The van der Waals surface area contributed by atoms with Gasteiger partial charge in [-0.2, -0.15) is 5.26 Å². The Morgan fingerprint density at radius 3 is 2.72 bits per heavy atom. The SMILES string of the molecule is CCOc1ccc(-c2nc(Br)c(CC#N)[nH]2)cc1. The summed E-state index contributed by atoms with van der Waals surface area (Å²) in [4.78, 5) is 7.47. The highest BCUT2D eigenvalue weighted by molar-refractivity contribution is 9.10. The van der Waals surface area contributed by atoms with Crippen molar-refractivity contribution >= 4 is 15.9 Å². The van der Waals surface area contributed by atoms with Crippen LogP contribution >= 0.6 is 15.9 Å². The van der Waals surface area contributed by atoms with Gasteiger partial charge in [0.1, 0.15) is 16.2 Å². The van der Waals surface area contributed by atoms with Gasteiger partial charge in [-0.05, 0) is 47.1 Å². The Kier molecular flexibility index (Phi) is 4.00. The third kappa shape index (κ3) is 2.71. The Labute approximate surface area is 114 Å². The molecule has 0 unspecified atom stereocenters. The van der Waals surface area contributed by atoms with Crippen molar-refractivity contribution in [3.05, 3.63) is 34.6 Å². The smallest absolute Gasteiger partial charge is 0.138 e. The molecule has 0 aliphatic rings. The van der Waals surface area contributed by atoms with Crippen LogP contribution in [0.4, 0.5) is 0 Å². The summed E-state index contributed by atoms with van der Waals surface area (Å²) < 4.78 is 6.07. The van der Waals surface area contributed by atoms with Crippen LogP contribution in [0.25, 0.3) is 11.4 Å². The Morgan fingerprint density at radius 2 is 2.11 bits per heavy atom. The molecule has 0 aliphatic carbocycles. The number of nitriles is 1. The molecule has 0 fully saturated rings. The van der Waals surface area contributed by atoms with E-state index in [2.05, 4.69) is 32.0 Å². The number of nitrogens with zero attached hydrogens (tertiary/aromatic N) is 2. The molecule has 92 valence electrons. The average molecular weight is 306 g/mol. The topological polar surface area (TPSA) is 61.7 Å². The summed E-state index contributed by atoms with van der Waals surface area (Å²) in [6, 6.07) is 9.77. The van der Waals surface area contributed by atoms with Crippen molar-refractivity contribution in [2.75, 3.05) is 6.61 Å². The highest BCUT2D eigenvalue weighted by atomic mass is 79.9. The summed E-state index contributed by atoms with van der Waals surface area (Å²) in [6.07, 6.45) is 0.310. The maximum atomic E-state index is 8.68. The number of rotatable bonds is 4. The monoisotopic (exact) mass is 305 g/mol. The van der Waals surface area contributed by atoms with E-state index >= 15 is 0 Å². The van der Waals surface area contributed by atoms with Gasteiger partial charge in [0.25, 0.3) is 0 Å². The van der Waals surface area contributed by atoms with Gasteiger partial charge in [0.15, 0.2) is 0 Å². The lowest BCUT2D eigenvalue weighted by Crippen LogP contribution is -1.90. The summed E-state index contributed by atoms with van der Waals surface area (Å²) in [5, 5.41) is 8.68. The van der Waals surface area contributed by atoms with E-state index in [1.54, 1.807) is 0 Å². The van der Waals surface area contributed by atoms with E-state index in [1.807, 2.05) is 31.2 Å². The zero-order valence-corrected chi connectivity index (χ0v) is 11.5. The van der Waals surface area contributed by atoms with Crippen LogP contribution in [0.2, 0.25) is 0 Å². The second-order valence-electron chi connectivity index (χ2n) is 3.65. The maximum Gasteiger partial charge on any atom is 0.138 e. The van der Waals surface area contributed by atoms with Crippen LogP contribution < -0.4 is 4.74 Å². The molecule has 0 radical (unpaired) electrons. The van der Waals surface area contributed by atoms with Crippen LogP contribution in [0.5, 0.6) is 5.75 Å². The minimum atomic E-state index is 0.310. The lowest BCUT2D eigenvalue weighted by atomic mass is 10.2. The lowest BCUT2D eigenvalue weighted by Gasteiger charge is -2.03. The van der Waals surface area contributed by atoms with Crippen molar-refractivity contribution < 1.29 is 4.74 Å². The minimum Gasteiger partial charge on any atom is -0.494 e. The van der Waals surface area contributed by atoms with Gasteiger partial charge >= 0.3 is 0 Å². The highest BCUT2D eigenvalue weighted by Crippen LogP contribution is 2.24. The van der Waals surface area contributed by atoms with E-state index in [4.69, 9.17) is 10.00 Å². The molecule has 18 heavy (non-hydrogen) atoms. The number of aromatic amines is 1. The van der Waals surface area contributed by atoms with Crippen LogP contribution in [0.3, 0.4) is 0 Å². The summed E-state index contributed by atoms with van der Waals surface area (Å²) in [6.45, 7) is 2.60. The first kappa shape index (κ1) is 12.7. The quantitative estimate of drug-likeness (QED) is 0.942. The van der Waals surface area contributed by atoms with Crippen molar-refractivity contribution in [1.82, 2.24) is 9.97 Å². The van der Waals surface area contributed by atoms with Crippen molar-refractivity contribution in [1.29, 1.82) is 5.26 Å². The summed E-state index contributed by atoms with van der Waals surface area (Å²) in [5.74, 6) is 1.58. The molecule has 0 saturated heterocycles. The second kappa shape index (κ2) is 5.69. The zero-order chi connectivity index (χ0) is 13.0. The van der Waals surface area contributed by atoms with Crippen molar-refractivity contribution in [3.8, 4) is 23.2 Å². The molecule has 2 rings (SSSR count). The Morgan fingerprint density at radius 1 is 1.39 bits per heavy atom. The van der Waals surface area contributed by atoms with Crippen LogP contribution in [0, 0.1) is 11.3 Å². The number of aromatic nitrogens is 2. The van der Waals surface area contributed by atoms with Gasteiger partial charge in [0, 0.05) is 5.56 Å². The van der Waals surface area contributed by atoms with Gasteiger partial charge in [-0.1, -0.05) is 0 Å². The number of ether oxygens (including phenoxy) is 1. The molecule has 1 aromatic heterocycles. The standard InChI is InChI=1S/C13H12BrN3O/c1-2-18-10-5-3-9(4-6-10)13-16-11(7-8-15)12(14)17-13/h3-6H,2,7H2,1H3,(H,16,17). The lowest BCUT2D eigenvalue weighted by molar-refractivity contribution is 0.340. The first-order valence-electron chi connectivity index (χ1n) is 5.59. The molecule has 1 N–H and O–H groups in total. The van der Waals surface area contributed by atoms with Crippen LogP contribution in [0.1, 0.15) is 12.6 Å². The molecule has 0 bridgehead atoms. The Balaban J connectivity index is 2.26. The van der Waals surface area contributed by atoms with Crippen LogP contribution in [-0.4, -0.2) is 16.6 Å². The fourth-order valence-electron chi connectivity index (χ4n) is 1.60. The molecule has 4 nitrogen and oxygen atoms in total. The summed E-state index contributed by atoms with van der Waals surface area (Å²) in [5.41, 5.74) is 1.75. The predicted molar refractivity (Wildman–Crippen MR) is 72.2 cm³/mol. The van der Waals surface area contributed by atoms with E-state index in [1.165, 1.54) is 0 Å². The second-order valence-corrected chi connectivity index (χ2v) is 4.40. The largest absolute Gasteiger partial charge is 0.494 e. The molecule has 2 aromatic rings. The van der Waals surface area contributed by atoms with Gasteiger partial charge in [-0.3, -0.25) is 0 Å². The predicted octanol–water partition coefficient (Wildman–Crippen LogP) is 3.30. The van der Waals surface area contributed by atoms with Gasteiger partial charge in [0.05, 0.1) is 24.8 Å². The van der Waals surface area contributed by atoms with Gasteiger partial charge in [-0.25, -0.2) is 4.98 Å². The minimum absolute atomic E-state index is 0.310. The zero-order valence-electron chi connectivity index (χ0n) is 9.90. The number of hydrogen-bond donors (Lipinski definition) is 1. The molecule has 1 aromatic carbocycles. The van der Waals surface area contributed by atoms with Crippen LogP contribution in [0.15, 0.2) is 28.9 Å². The number of halogens is 1. The van der Waals surface area contributed by atoms with Crippen molar-refractivity contribution in [2.45, 2.75) is 13.3 Å². The number of nitrogens with one attached hydrogen (secondary N) is 1. The maximum absolute atomic E-state index is 8.68. The molecule has 0 amide bonds. The average Bonchev–Trinajstić information content (AvgIpc) is 2.73. The summed E-state index contributed by atoms with van der Waals surface area (Å²) >= 11 is 3.34. The molecule has 1 heterocycles. The third-order valence-electron chi connectivity index (χ3n) is 2.42. The van der Waals surface area contributed by atoms with Crippen molar-refractivity contribution in [2.24, 2.45) is 0 Å². The molecule has 5 heteroatoms. The van der Waals surface area contributed by atoms with Gasteiger partial charge in [-0.15, -0.1) is 0 Å². The molecule has 0 atom stereocenters. The highest BCUT2D eigenvalue weighted by Gasteiger charge is 2.09. The van der Waals surface area contributed by atoms with E-state index in [0.717, 1.165) is 22.8 Å². The first-order valence-corrected chi connectivity index (χ1v) is 6.38. The third-order valence-corrected chi connectivity index (χ3v) is 3.08. The number of imidazole rings is 1. The molecular weight excluding hydrogens is 294 g/mol. The molecular formula is C13H12BrN3O. The van der Waals surface area contributed by atoms with E-state index in [0.29, 0.717) is 17.6 Å². The number of H-pyrrole nitrogens is 1. The fraction of sp³-hybridized carbons (Fsp3) is 0.231. The molecule has 0 spiro atoms. The van der Waals surface area contributed by atoms with Gasteiger partial charge < -0.3 is 9.72 Å². The number of hydrogen-bond acceptors (Lipinski definition) is 3. The van der Waals surface area contributed by atoms with Gasteiger partial charge in [0.2, 0.25) is 0 Å². The van der Waals surface area contributed by atoms with E-state index in [9.17, 15) is 0 Å². The summed E-state index contributed by atoms with van der Waals surface area (Å²) in [7, 11) is 0. The van der Waals surface area contributed by atoms with Crippen molar-refractivity contribution in [3.63, 3.8) is 0 Å². The first-order chi connectivity index (χ1) is 8.74. The Hall–Kier alpha value is -1.80. The van der Waals surface area contributed by atoms with E-state index < -0.39 is 0 Å². The number of benzene rings is 1.